The van der Waals surface area contributed by atoms with Gasteiger partial charge in [-0.3, -0.25) is 9.59 Å². The van der Waals surface area contributed by atoms with Crippen molar-refractivity contribution in [3.05, 3.63) is 82.5 Å². The number of Topliss-reactive ketones (excluding diaryl/α,β-unsaturated/α-hetero) is 1. The average Bonchev–Trinajstić information content (AvgIpc) is 3.25. The van der Waals surface area contributed by atoms with Crippen LogP contribution in [0.25, 0.3) is 6.08 Å². The van der Waals surface area contributed by atoms with E-state index in [9.17, 15) is 9.59 Å². The van der Waals surface area contributed by atoms with Crippen LogP contribution in [-0.4, -0.2) is 18.9 Å². The van der Waals surface area contributed by atoms with Gasteiger partial charge in [-0.05, 0) is 55.3 Å². The van der Waals surface area contributed by atoms with E-state index in [0.717, 1.165) is 17.1 Å². The SMILES string of the molecule is COc1ccc(CC(=O)Oc2cc(C)c3c(c2)O/C(=C\c2ccc(C)o2)C3=O)cc1. The van der Waals surface area contributed by atoms with Crippen LogP contribution in [0.4, 0.5) is 0 Å². The Hall–Kier alpha value is -3.80. The minimum absolute atomic E-state index is 0.114. The van der Waals surface area contributed by atoms with E-state index in [1.165, 1.54) is 0 Å². The highest BCUT2D eigenvalue weighted by molar-refractivity contribution is 6.15. The highest BCUT2D eigenvalue weighted by Crippen LogP contribution is 2.37. The molecule has 0 aliphatic carbocycles. The molecule has 1 aliphatic heterocycles. The normalized spacial score (nSPS) is 13.8. The number of fused-ring (bicyclic) bond motifs is 1. The highest BCUT2D eigenvalue weighted by Gasteiger charge is 2.30. The smallest absolute Gasteiger partial charge is 0.315 e. The van der Waals surface area contributed by atoms with E-state index in [1.54, 1.807) is 50.4 Å². The molecule has 0 bridgehead atoms. The van der Waals surface area contributed by atoms with Crippen molar-refractivity contribution < 1.29 is 28.2 Å². The summed E-state index contributed by atoms with van der Waals surface area (Å²) in [6.45, 7) is 3.60. The van der Waals surface area contributed by atoms with Crippen LogP contribution in [0.1, 0.15) is 33.0 Å². The molecule has 0 radical (unpaired) electrons. The van der Waals surface area contributed by atoms with Crippen molar-refractivity contribution in [2.45, 2.75) is 20.3 Å². The second-order valence-corrected chi connectivity index (χ2v) is 7.00. The lowest BCUT2D eigenvalue weighted by Crippen LogP contribution is -2.11. The van der Waals surface area contributed by atoms with E-state index >= 15 is 0 Å². The Labute approximate surface area is 173 Å². The summed E-state index contributed by atoms with van der Waals surface area (Å²) in [7, 11) is 1.59. The molecule has 3 aromatic rings. The van der Waals surface area contributed by atoms with Crippen molar-refractivity contribution in [1.82, 2.24) is 0 Å². The summed E-state index contributed by atoms with van der Waals surface area (Å²) in [6.07, 6.45) is 1.67. The van der Waals surface area contributed by atoms with Crippen LogP contribution in [-0.2, 0) is 11.2 Å². The lowest BCUT2D eigenvalue weighted by Gasteiger charge is -2.08. The molecular weight excluding hydrogens is 384 g/mol. The molecule has 6 nitrogen and oxygen atoms in total. The molecular formula is C24H20O6. The quantitative estimate of drug-likeness (QED) is 0.350. The Balaban J connectivity index is 1.50. The van der Waals surface area contributed by atoms with Gasteiger partial charge in [-0.1, -0.05) is 12.1 Å². The van der Waals surface area contributed by atoms with Crippen LogP contribution in [0.5, 0.6) is 17.2 Å². The van der Waals surface area contributed by atoms with Crippen molar-refractivity contribution in [1.29, 1.82) is 0 Å². The Morgan fingerprint density at radius 1 is 1.03 bits per heavy atom. The lowest BCUT2D eigenvalue weighted by molar-refractivity contribution is -0.133. The number of aryl methyl sites for hydroxylation is 2. The first-order valence-corrected chi connectivity index (χ1v) is 9.42. The van der Waals surface area contributed by atoms with Gasteiger partial charge in [-0.15, -0.1) is 0 Å². The van der Waals surface area contributed by atoms with Crippen molar-refractivity contribution in [2.75, 3.05) is 7.11 Å². The Morgan fingerprint density at radius 3 is 2.47 bits per heavy atom. The standard InChI is InChI=1S/C24H20O6/c1-14-10-19(29-22(25)11-16-5-8-17(27-3)9-6-16)13-20-23(14)24(26)21(30-20)12-18-7-4-15(2)28-18/h4-10,12-13H,11H2,1-3H3/b21-12-. The molecule has 0 atom stereocenters. The van der Waals surface area contributed by atoms with Crippen LogP contribution in [0.2, 0.25) is 0 Å². The molecule has 30 heavy (non-hydrogen) atoms. The third-order valence-corrected chi connectivity index (χ3v) is 4.72. The number of ether oxygens (including phenoxy) is 3. The molecule has 2 heterocycles. The number of carbonyl (C=O) groups is 2. The summed E-state index contributed by atoms with van der Waals surface area (Å²) in [5, 5.41) is 0. The summed E-state index contributed by atoms with van der Waals surface area (Å²) in [5.74, 6) is 2.22. The van der Waals surface area contributed by atoms with Gasteiger partial charge < -0.3 is 18.6 Å². The zero-order valence-corrected chi connectivity index (χ0v) is 16.9. The number of hydrogen-bond acceptors (Lipinski definition) is 6. The molecule has 0 saturated carbocycles. The summed E-state index contributed by atoms with van der Waals surface area (Å²) >= 11 is 0. The molecule has 0 amide bonds. The minimum atomic E-state index is -0.411. The Kier molecular flexibility index (Phi) is 5.14. The number of hydrogen-bond donors (Lipinski definition) is 0. The van der Waals surface area contributed by atoms with Crippen LogP contribution in [0, 0.1) is 13.8 Å². The maximum Gasteiger partial charge on any atom is 0.315 e. The Bertz CT molecular complexity index is 1150. The predicted molar refractivity (Wildman–Crippen MR) is 110 cm³/mol. The molecule has 0 unspecified atom stereocenters. The van der Waals surface area contributed by atoms with Gasteiger partial charge in [0.05, 0.1) is 19.1 Å². The number of carbonyl (C=O) groups excluding carboxylic acids is 2. The zero-order valence-electron chi connectivity index (χ0n) is 16.9. The summed E-state index contributed by atoms with van der Waals surface area (Å²) in [5.41, 5.74) is 1.94. The van der Waals surface area contributed by atoms with Crippen molar-refractivity contribution in [2.24, 2.45) is 0 Å². The number of ketones is 1. The first-order chi connectivity index (χ1) is 14.4. The monoisotopic (exact) mass is 404 g/mol. The van der Waals surface area contributed by atoms with E-state index < -0.39 is 5.97 Å². The molecule has 0 N–H and O–H groups in total. The third kappa shape index (κ3) is 3.98. The fraction of sp³-hybridized carbons (Fsp3) is 0.167. The fourth-order valence-electron chi connectivity index (χ4n) is 3.27. The van der Waals surface area contributed by atoms with Crippen molar-refractivity contribution in [3.8, 4) is 17.2 Å². The molecule has 2 aromatic carbocycles. The second-order valence-electron chi connectivity index (χ2n) is 7.00. The van der Waals surface area contributed by atoms with Crippen LogP contribution >= 0.6 is 0 Å². The highest BCUT2D eigenvalue weighted by atomic mass is 16.5. The van der Waals surface area contributed by atoms with Crippen LogP contribution in [0.15, 0.2) is 58.7 Å². The minimum Gasteiger partial charge on any atom is -0.497 e. The number of furan rings is 1. The number of allylic oxidation sites excluding steroid dienone is 1. The van der Waals surface area contributed by atoms with Crippen molar-refractivity contribution >= 4 is 17.8 Å². The van der Waals surface area contributed by atoms with E-state index in [2.05, 4.69) is 0 Å². The predicted octanol–water partition coefficient (Wildman–Crippen LogP) is 4.67. The van der Waals surface area contributed by atoms with Gasteiger partial charge in [0, 0.05) is 12.1 Å². The average molecular weight is 404 g/mol. The van der Waals surface area contributed by atoms with Gasteiger partial charge in [0.25, 0.3) is 0 Å². The van der Waals surface area contributed by atoms with E-state index in [-0.39, 0.29) is 18.0 Å². The Morgan fingerprint density at radius 2 is 1.80 bits per heavy atom. The van der Waals surface area contributed by atoms with Gasteiger partial charge in [-0.2, -0.15) is 0 Å². The van der Waals surface area contributed by atoms with E-state index in [1.807, 2.05) is 25.1 Å². The van der Waals surface area contributed by atoms with Crippen LogP contribution < -0.4 is 14.2 Å². The van der Waals surface area contributed by atoms with Crippen LogP contribution in [0.3, 0.4) is 0 Å². The molecule has 0 fully saturated rings. The van der Waals surface area contributed by atoms with Gasteiger partial charge >= 0.3 is 5.97 Å². The molecule has 4 rings (SSSR count). The fourth-order valence-corrected chi connectivity index (χ4v) is 3.27. The third-order valence-electron chi connectivity index (χ3n) is 4.72. The van der Waals surface area contributed by atoms with Gasteiger partial charge in [0.1, 0.15) is 28.8 Å². The summed E-state index contributed by atoms with van der Waals surface area (Å²) < 4.78 is 21.8. The largest absolute Gasteiger partial charge is 0.497 e. The summed E-state index contributed by atoms with van der Waals surface area (Å²) in [6, 6.07) is 14.0. The maximum atomic E-state index is 12.7. The van der Waals surface area contributed by atoms with E-state index in [4.69, 9.17) is 18.6 Å². The van der Waals surface area contributed by atoms with Gasteiger partial charge in [-0.25, -0.2) is 0 Å². The topological polar surface area (TPSA) is 75.0 Å². The molecule has 6 heteroatoms. The number of methoxy groups -OCH3 is 1. The molecule has 152 valence electrons. The first kappa shape index (κ1) is 19.5. The van der Waals surface area contributed by atoms with Gasteiger partial charge in [0.2, 0.25) is 5.78 Å². The maximum absolute atomic E-state index is 12.7. The second kappa shape index (κ2) is 7.91. The first-order valence-electron chi connectivity index (χ1n) is 9.42. The molecule has 0 saturated heterocycles. The summed E-state index contributed by atoms with van der Waals surface area (Å²) in [4.78, 5) is 25.0. The molecule has 0 spiro atoms. The van der Waals surface area contributed by atoms with E-state index in [0.29, 0.717) is 28.4 Å². The van der Waals surface area contributed by atoms with Gasteiger partial charge in [0.15, 0.2) is 5.76 Å². The number of esters is 1. The number of rotatable bonds is 5. The zero-order chi connectivity index (χ0) is 21.3. The molecule has 1 aromatic heterocycles. The lowest BCUT2D eigenvalue weighted by atomic mass is 10.0. The molecule has 1 aliphatic rings. The number of benzene rings is 2. The van der Waals surface area contributed by atoms with Crippen molar-refractivity contribution in [3.63, 3.8) is 0 Å².